The van der Waals surface area contributed by atoms with E-state index in [9.17, 15) is 5.11 Å². The third kappa shape index (κ3) is 5.23. The minimum atomic E-state index is -0.285. The summed E-state index contributed by atoms with van der Waals surface area (Å²) in [6.07, 6.45) is -0.285. The van der Waals surface area contributed by atoms with Crippen LogP contribution in [0.4, 0.5) is 0 Å². The number of hydrogen-bond acceptors (Lipinski definition) is 3. The van der Waals surface area contributed by atoms with Crippen molar-refractivity contribution >= 4 is 23.5 Å². The number of aryl methyl sites for hydroxylation is 2. The highest BCUT2D eigenvalue weighted by molar-refractivity contribution is 8.00. The molecule has 1 nitrogen and oxygen atoms in total. The van der Waals surface area contributed by atoms with Crippen molar-refractivity contribution in [3.8, 4) is 0 Å². The predicted octanol–water partition coefficient (Wildman–Crippen LogP) is 4.55. The minimum absolute atomic E-state index is 0.285. The van der Waals surface area contributed by atoms with Gasteiger partial charge in [-0.05, 0) is 38.1 Å². The van der Waals surface area contributed by atoms with Crippen LogP contribution in [0.1, 0.15) is 11.1 Å². The molecular weight excluding hydrogens is 284 g/mol. The van der Waals surface area contributed by atoms with E-state index < -0.39 is 0 Å². The average molecular weight is 304 g/mol. The van der Waals surface area contributed by atoms with Crippen LogP contribution in [0.2, 0.25) is 0 Å². The van der Waals surface area contributed by atoms with Crippen LogP contribution in [-0.4, -0.2) is 22.7 Å². The zero-order chi connectivity index (χ0) is 14.4. The van der Waals surface area contributed by atoms with Crippen LogP contribution in [0.15, 0.2) is 58.3 Å². The molecule has 106 valence electrons. The van der Waals surface area contributed by atoms with Crippen molar-refractivity contribution in [2.75, 3.05) is 11.5 Å². The Hall–Kier alpha value is -0.900. The molecule has 2 aromatic rings. The van der Waals surface area contributed by atoms with Crippen LogP contribution in [0.25, 0.3) is 0 Å². The van der Waals surface area contributed by atoms with Crippen LogP contribution < -0.4 is 0 Å². The van der Waals surface area contributed by atoms with Gasteiger partial charge in [-0.2, -0.15) is 0 Å². The lowest BCUT2D eigenvalue weighted by Gasteiger charge is -2.10. The standard InChI is InChI=1S/C17H20OS2/c1-13-3-7-16(8-4-13)19-11-15(18)12-20-17-9-5-14(2)6-10-17/h3-10,15,18H,11-12H2,1-2H3. The third-order valence-corrected chi connectivity index (χ3v) is 5.24. The van der Waals surface area contributed by atoms with E-state index >= 15 is 0 Å². The van der Waals surface area contributed by atoms with Crippen molar-refractivity contribution in [1.29, 1.82) is 0 Å². The lowest BCUT2D eigenvalue weighted by molar-refractivity contribution is 0.225. The van der Waals surface area contributed by atoms with E-state index in [1.165, 1.54) is 20.9 Å². The Bertz CT molecular complexity index is 470. The largest absolute Gasteiger partial charge is 0.391 e. The minimum Gasteiger partial charge on any atom is -0.391 e. The molecular formula is C17H20OS2. The second-order valence-corrected chi connectivity index (χ2v) is 7.09. The first kappa shape index (κ1) is 15.5. The van der Waals surface area contributed by atoms with Crippen LogP contribution in [0, 0.1) is 13.8 Å². The first-order valence-electron chi connectivity index (χ1n) is 6.70. The number of aliphatic hydroxyl groups is 1. The Morgan fingerprint density at radius 1 is 0.750 bits per heavy atom. The van der Waals surface area contributed by atoms with Crippen LogP contribution in [0.5, 0.6) is 0 Å². The lowest BCUT2D eigenvalue weighted by Crippen LogP contribution is -2.12. The summed E-state index contributed by atoms with van der Waals surface area (Å²) in [6.45, 7) is 4.17. The summed E-state index contributed by atoms with van der Waals surface area (Å²) in [4.78, 5) is 2.44. The molecule has 0 saturated carbocycles. The summed E-state index contributed by atoms with van der Waals surface area (Å²) >= 11 is 3.42. The van der Waals surface area contributed by atoms with Gasteiger partial charge in [0.05, 0.1) is 6.10 Å². The molecule has 2 rings (SSSR count). The molecule has 0 aliphatic heterocycles. The predicted molar refractivity (Wildman–Crippen MR) is 89.8 cm³/mol. The van der Waals surface area contributed by atoms with Crippen molar-refractivity contribution in [2.45, 2.75) is 29.7 Å². The molecule has 0 spiro atoms. The number of hydrogen-bond donors (Lipinski definition) is 1. The molecule has 0 radical (unpaired) electrons. The van der Waals surface area contributed by atoms with E-state index in [1.807, 2.05) is 0 Å². The maximum Gasteiger partial charge on any atom is 0.0727 e. The number of thioether (sulfide) groups is 2. The van der Waals surface area contributed by atoms with Gasteiger partial charge in [0.2, 0.25) is 0 Å². The number of rotatable bonds is 6. The molecule has 20 heavy (non-hydrogen) atoms. The Morgan fingerprint density at radius 3 is 1.45 bits per heavy atom. The summed E-state index contributed by atoms with van der Waals surface area (Å²) in [5.41, 5.74) is 2.54. The van der Waals surface area contributed by atoms with Gasteiger partial charge in [0.15, 0.2) is 0 Å². The van der Waals surface area contributed by atoms with Crippen molar-refractivity contribution in [1.82, 2.24) is 0 Å². The number of aliphatic hydroxyl groups excluding tert-OH is 1. The van der Waals surface area contributed by atoms with Crippen LogP contribution in [0.3, 0.4) is 0 Å². The molecule has 0 aliphatic rings. The summed E-state index contributed by atoms with van der Waals surface area (Å²) < 4.78 is 0. The molecule has 3 heteroatoms. The van der Waals surface area contributed by atoms with Gasteiger partial charge >= 0.3 is 0 Å². The van der Waals surface area contributed by atoms with Crippen LogP contribution in [-0.2, 0) is 0 Å². The molecule has 0 saturated heterocycles. The highest BCUT2D eigenvalue weighted by Gasteiger charge is 2.06. The van der Waals surface area contributed by atoms with Gasteiger partial charge in [0.25, 0.3) is 0 Å². The SMILES string of the molecule is Cc1ccc(SCC(O)CSc2ccc(C)cc2)cc1. The van der Waals surface area contributed by atoms with Gasteiger partial charge in [0.1, 0.15) is 0 Å². The molecule has 0 fully saturated rings. The Balaban J connectivity index is 1.73. The van der Waals surface area contributed by atoms with Crippen molar-refractivity contribution < 1.29 is 5.11 Å². The lowest BCUT2D eigenvalue weighted by atomic mass is 10.2. The van der Waals surface area contributed by atoms with E-state index in [4.69, 9.17) is 0 Å². The van der Waals surface area contributed by atoms with Crippen LogP contribution >= 0.6 is 23.5 Å². The maximum atomic E-state index is 10.0. The van der Waals surface area contributed by atoms with Gasteiger partial charge < -0.3 is 5.11 Å². The average Bonchev–Trinajstić information content (AvgIpc) is 2.46. The van der Waals surface area contributed by atoms with Gasteiger partial charge in [-0.1, -0.05) is 35.4 Å². The van der Waals surface area contributed by atoms with Gasteiger partial charge in [0, 0.05) is 21.3 Å². The highest BCUT2D eigenvalue weighted by atomic mass is 32.2. The topological polar surface area (TPSA) is 20.2 Å². The van der Waals surface area contributed by atoms with Gasteiger partial charge in [-0.25, -0.2) is 0 Å². The zero-order valence-electron chi connectivity index (χ0n) is 11.9. The van der Waals surface area contributed by atoms with E-state index in [1.54, 1.807) is 23.5 Å². The van der Waals surface area contributed by atoms with Crippen molar-refractivity contribution in [3.05, 3.63) is 59.7 Å². The van der Waals surface area contributed by atoms with Gasteiger partial charge in [-0.3, -0.25) is 0 Å². The smallest absolute Gasteiger partial charge is 0.0727 e. The monoisotopic (exact) mass is 304 g/mol. The van der Waals surface area contributed by atoms with E-state index in [0.29, 0.717) is 0 Å². The molecule has 2 aromatic carbocycles. The molecule has 0 bridgehead atoms. The quantitative estimate of drug-likeness (QED) is 0.791. The molecule has 1 N–H and O–H groups in total. The Labute approximate surface area is 129 Å². The fraction of sp³-hybridized carbons (Fsp3) is 0.294. The molecule has 0 aliphatic carbocycles. The van der Waals surface area contributed by atoms with Crippen molar-refractivity contribution in [2.24, 2.45) is 0 Å². The Morgan fingerprint density at radius 2 is 1.10 bits per heavy atom. The van der Waals surface area contributed by atoms with E-state index in [0.717, 1.165) is 11.5 Å². The molecule has 0 amide bonds. The first-order valence-corrected chi connectivity index (χ1v) is 8.67. The summed E-state index contributed by atoms with van der Waals surface area (Å²) in [6, 6.07) is 16.9. The van der Waals surface area contributed by atoms with Crippen molar-refractivity contribution in [3.63, 3.8) is 0 Å². The molecule has 0 atom stereocenters. The highest BCUT2D eigenvalue weighted by Crippen LogP contribution is 2.23. The second kappa shape index (κ2) is 7.77. The molecule has 0 heterocycles. The number of benzene rings is 2. The molecule has 0 aromatic heterocycles. The van der Waals surface area contributed by atoms with Gasteiger partial charge in [-0.15, -0.1) is 23.5 Å². The maximum absolute atomic E-state index is 10.0. The third-order valence-electron chi connectivity index (χ3n) is 2.93. The first-order chi connectivity index (χ1) is 9.63. The summed E-state index contributed by atoms with van der Waals surface area (Å²) in [5, 5.41) is 10.0. The van der Waals surface area contributed by atoms with E-state index in [-0.39, 0.29) is 6.10 Å². The normalized spacial score (nSPS) is 11.0. The summed E-state index contributed by atoms with van der Waals surface area (Å²) in [5.74, 6) is 1.48. The Kier molecular flexibility index (Phi) is 6.02. The zero-order valence-corrected chi connectivity index (χ0v) is 13.5. The summed E-state index contributed by atoms with van der Waals surface area (Å²) in [7, 11) is 0. The second-order valence-electron chi connectivity index (χ2n) is 4.90. The fourth-order valence-electron chi connectivity index (χ4n) is 1.70. The fourth-order valence-corrected chi connectivity index (χ4v) is 3.51. The molecule has 0 unspecified atom stereocenters. The van der Waals surface area contributed by atoms with E-state index in [2.05, 4.69) is 62.4 Å².